The zero-order chi connectivity index (χ0) is 18.4. The Balaban J connectivity index is 1.88. The molecule has 0 radical (unpaired) electrons. The highest BCUT2D eigenvalue weighted by Gasteiger charge is 2.19. The summed E-state index contributed by atoms with van der Waals surface area (Å²) >= 11 is 0. The van der Waals surface area contributed by atoms with Crippen molar-refractivity contribution in [3.05, 3.63) is 83.8 Å². The first-order chi connectivity index (χ1) is 12.7. The van der Waals surface area contributed by atoms with Crippen LogP contribution in [0, 0.1) is 0 Å². The Morgan fingerprint density at radius 3 is 2.35 bits per heavy atom. The predicted molar refractivity (Wildman–Crippen MR) is 98.3 cm³/mol. The largest absolute Gasteiger partial charge is 0.493 e. The third-order valence-corrected chi connectivity index (χ3v) is 4.06. The van der Waals surface area contributed by atoms with Gasteiger partial charge in [-0.05, 0) is 35.9 Å². The summed E-state index contributed by atoms with van der Waals surface area (Å²) in [6, 6.07) is 18.7. The van der Waals surface area contributed by atoms with E-state index in [1.807, 2.05) is 42.5 Å². The van der Waals surface area contributed by atoms with Crippen LogP contribution >= 0.6 is 0 Å². The van der Waals surface area contributed by atoms with Gasteiger partial charge in [0.05, 0.1) is 27.0 Å². The summed E-state index contributed by atoms with van der Waals surface area (Å²) in [6.45, 7) is 0.865. The highest BCUT2D eigenvalue weighted by molar-refractivity contribution is 5.94. The zero-order valence-corrected chi connectivity index (χ0v) is 14.8. The molecule has 0 unspecified atom stereocenters. The highest BCUT2D eigenvalue weighted by Crippen LogP contribution is 2.28. The molecule has 0 saturated heterocycles. The van der Waals surface area contributed by atoms with Crippen LogP contribution in [0.1, 0.15) is 21.7 Å². The molecule has 0 aliphatic rings. The molecule has 1 amide bonds. The number of carbonyl (C=O) groups excluding carboxylic acids is 1. The molecule has 134 valence electrons. The van der Waals surface area contributed by atoms with Gasteiger partial charge in [-0.2, -0.15) is 0 Å². The summed E-state index contributed by atoms with van der Waals surface area (Å²) < 4.78 is 16.0. The number of rotatable bonds is 7. The fourth-order valence-electron chi connectivity index (χ4n) is 2.75. The summed E-state index contributed by atoms with van der Waals surface area (Å²) in [5.41, 5.74) is 1.58. The van der Waals surface area contributed by atoms with Gasteiger partial charge in [-0.15, -0.1) is 0 Å². The van der Waals surface area contributed by atoms with Gasteiger partial charge in [-0.1, -0.05) is 30.3 Å². The molecule has 3 rings (SSSR count). The van der Waals surface area contributed by atoms with Gasteiger partial charge in [0.1, 0.15) is 5.76 Å². The van der Waals surface area contributed by atoms with Gasteiger partial charge in [0.2, 0.25) is 0 Å². The van der Waals surface area contributed by atoms with Crippen LogP contribution in [0.2, 0.25) is 0 Å². The van der Waals surface area contributed by atoms with Crippen molar-refractivity contribution in [2.75, 3.05) is 14.2 Å². The Labute approximate surface area is 152 Å². The first-order valence-electron chi connectivity index (χ1n) is 8.29. The van der Waals surface area contributed by atoms with E-state index in [2.05, 4.69) is 0 Å². The standard InChI is InChI=1S/C21H21NO4/c1-24-19-11-10-17(13-20(19)25-2)21(23)22(15-18-9-6-12-26-18)14-16-7-4-3-5-8-16/h3-13H,14-15H2,1-2H3. The second-order valence-electron chi connectivity index (χ2n) is 5.80. The van der Waals surface area contributed by atoms with Crippen LogP contribution in [0.25, 0.3) is 0 Å². The third-order valence-electron chi connectivity index (χ3n) is 4.06. The molecule has 1 aromatic heterocycles. The number of ether oxygens (including phenoxy) is 2. The van der Waals surface area contributed by atoms with Crippen molar-refractivity contribution in [1.29, 1.82) is 0 Å². The number of hydrogen-bond donors (Lipinski definition) is 0. The monoisotopic (exact) mass is 351 g/mol. The van der Waals surface area contributed by atoms with Crippen LogP contribution in [-0.4, -0.2) is 25.0 Å². The lowest BCUT2D eigenvalue weighted by Crippen LogP contribution is -2.30. The summed E-state index contributed by atoms with van der Waals surface area (Å²) in [6.07, 6.45) is 1.61. The first-order valence-corrected chi connectivity index (χ1v) is 8.29. The Kier molecular flexibility index (Phi) is 5.59. The smallest absolute Gasteiger partial charge is 0.254 e. The van der Waals surface area contributed by atoms with Crippen LogP contribution < -0.4 is 9.47 Å². The minimum atomic E-state index is -0.105. The van der Waals surface area contributed by atoms with E-state index >= 15 is 0 Å². The van der Waals surface area contributed by atoms with Crippen LogP contribution in [0.4, 0.5) is 0 Å². The molecule has 0 saturated carbocycles. The van der Waals surface area contributed by atoms with Gasteiger partial charge in [0.25, 0.3) is 5.91 Å². The van der Waals surface area contributed by atoms with Gasteiger partial charge >= 0.3 is 0 Å². The zero-order valence-electron chi connectivity index (χ0n) is 14.8. The van der Waals surface area contributed by atoms with E-state index in [9.17, 15) is 4.79 Å². The number of furan rings is 1. The minimum absolute atomic E-state index is 0.105. The van der Waals surface area contributed by atoms with Crippen molar-refractivity contribution in [2.45, 2.75) is 13.1 Å². The quantitative estimate of drug-likeness (QED) is 0.642. The van der Waals surface area contributed by atoms with Crippen molar-refractivity contribution in [2.24, 2.45) is 0 Å². The molecular formula is C21H21NO4. The number of amides is 1. The fraction of sp³-hybridized carbons (Fsp3) is 0.190. The number of benzene rings is 2. The van der Waals surface area contributed by atoms with Gasteiger partial charge in [-0.3, -0.25) is 4.79 Å². The molecular weight excluding hydrogens is 330 g/mol. The molecule has 0 bridgehead atoms. The number of methoxy groups -OCH3 is 2. The van der Waals surface area contributed by atoms with E-state index in [0.29, 0.717) is 30.2 Å². The molecule has 3 aromatic rings. The van der Waals surface area contributed by atoms with E-state index in [1.165, 1.54) is 0 Å². The van der Waals surface area contributed by atoms with Crippen molar-refractivity contribution < 1.29 is 18.7 Å². The third kappa shape index (κ3) is 4.06. The fourth-order valence-corrected chi connectivity index (χ4v) is 2.75. The van der Waals surface area contributed by atoms with Crippen LogP contribution in [0.3, 0.4) is 0 Å². The number of carbonyl (C=O) groups is 1. The molecule has 5 nitrogen and oxygen atoms in total. The molecule has 0 N–H and O–H groups in total. The molecule has 0 fully saturated rings. The van der Waals surface area contributed by atoms with E-state index in [-0.39, 0.29) is 5.91 Å². The van der Waals surface area contributed by atoms with Crippen molar-refractivity contribution in [1.82, 2.24) is 4.90 Å². The first kappa shape index (κ1) is 17.6. The summed E-state index contributed by atoms with van der Waals surface area (Å²) in [7, 11) is 3.12. The average molecular weight is 351 g/mol. The molecule has 5 heteroatoms. The molecule has 0 atom stereocenters. The van der Waals surface area contributed by atoms with Crippen LogP contribution in [0.5, 0.6) is 11.5 Å². The highest BCUT2D eigenvalue weighted by atomic mass is 16.5. The second kappa shape index (κ2) is 8.25. The molecule has 0 aliphatic carbocycles. The summed E-state index contributed by atoms with van der Waals surface area (Å²) in [4.78, 5) is 14.9. The lowest BCUT2D eigenvalue weighted by atomic mass is 10.1. The lowest BCUT2D eigenvalue weighted by molar-refractivity contribution is 0.0717. The Morgan fingerprint density at radius 2 is 1.69 bits per heavy atom. The normalized spacial score (nSPS) is 10.4. The predicted octanol–water partition coefficient (Wildman–Crippen LogP) is 4.14. The molecule has 26 heavy (non-hydrogen) atoms. The Hall–Kier alpha value is -3.21. The van der Waals surface area contributed by atoms with Gasteiger partial charge < -0.3 is 18.8 Å². The number of hydrogen-bond acceptors (Lipinski definition) is 4. The van der Waals surface area contributed by atoms with E-state index in [4.69, 9.17) is 13.9 Å². The minimum Gasteiger partial charge on any atom is -0.493 e. The maximum absolute atomic E-state index is 13.1. The van der Waals surface area contributed by atoms with Crippen molar-refractivity contribution in [3.63, 3.8) is 0 Å². The van der Waals surface area contributed by atoms with E-state index in [0.717, 1.165) is 11.3 Å². The van der Waals surface area contributed by atoms with Crippen LogP contribution in [-0.2, 0) is 13.1 Å². The maximum Gasteiger partial charge on any atom is 0.254 e. The van der Waals surface area contributed by atoms with Gasteiger partial charge in [0, 0.05) is 12.1 Å². The Morgan fingerprint density at radius 1 is 0.923 bits per heavy atom. The number of nitrogens with zero attached hydrogens (tertiary/aromatic N) is 1. The van der Waals surface area contributed by atoms with Gasteiger partial charge in [0.15, 0.2) is 11.5 Å². The van der Waals surface area contributed by atoms with Gasteiger partial charge in [-0.25, -0.2) is 0 Å². The van der Waals surface area contributed by atoms with Crippen molar-refractivity contribution >= 4 is 5.91 Å². The molecule has 0 spiro atoms. The second-order valence-corrected chi connectivity index (χ2v) is 5.80. The molecule has 0 aliphatic heterocycles. The lowest BCUT2D eigenvalue weighted by Gasteiger charge is -2.22. The summed E-state index contributed by atoms with van der Waals surface area (Å²) in [5.74, 6) is 1.74. The summed E-state index contributed by atoms with van der Waals surface area (Å²) in [5, 5.41) is 0. The van der Waals surface area contributed by atoms with E-state index < -0.39 is 0 Å². The van der Waals surface area contributed by atoms with Crippen molar-refractivity contribution in [3.8, 4) is 11.5 Å². The molecule has 1 heterocycles. The van der Waals surface area contributed by atoms with Crippen LogP contribution in [0.15, 0.2) is 71.3 Å². The average Bonchev–Trinajstić information content (AvgIpc) is 3.20. The molecule has 2 aromatic carbocycles. The Bertz CT molecular complexity index is 844. The topological polar surface area (TPSA) is 51.9 Å². The maximum atomic E-state index is 13.1. The SMILES string of the molecule is COc1ccc(C(=O)N(Cc2ccccc2)Cc2ccco2)cc1OC. The van der Waals surface area contributed by atoms with E-state index in [1.54, 1.807) is 43.6 Å².